The van der Waals surface area contributed by atoms with Gasteiger partial charge in [-0.15, -0.1) is 0 Å². The average molecular weight is 254 g/mol. The minimum atomic E-state index is -0.882. The van der Waals surface area contributed by atoms with E-state index in [9.17, 15) is 4.79 Å². The third-order valence-corrected chi connectivity index (χ3v) is 2.59. The van der Waals surface area contributed by atoms with Crippen LogP contribution in [0.25, 0.3) is 0 Å². The molecule has 14 heavy (non-hydrogen) atoms. The lowest BCUT2D eigenvalue weighted by atomic mass is 10.1. The van der Waals surface area contributed by atoms with E-state index in [0.29, 0.717) is 27.1 Å². The van der Waals surface area contributed by atoms with Gasteiger partial charge in [-0.05, 0) is 24.1 Å². The molecule has 0 unspecified atom stereocenters. The number of carbonyl (C=O) groups is 1. The molecule has 1 N–H and O–H groups in total. The molecule has 0 bridgehead atoms. The highest BCUT2D eigenvalue weighted by atomic mass is 35.5. The van der Waals surface area contributed by atoms with E-state index in [-0.39, 0.29) is 6.42 Å². The van der Waals surface area contributed by atoms with Gasteiger partial charge in [-0.2, -0.15) is 0 Å². The maximum Gasteiger partial charge on any atom is 0.303 e. The quantitative estimate of drug-likeness (QED) is 0.892. The molecule has 76 valence electrons. The molecule has 0 spiro atoms. The molecular formula is C9H7Cl3O2. The van der Waals surface area contributed by atoms with E-state index in [1.807, 2.05) is 0 Å². The second-order valence-corrected chi connectivity index (χ2v) is 3.99. The summed E-state index contributed by atoms with van der Waals surface area (Å²) < 4.78 is 0. The van der Waals surface area contributed by atoms with Crippen LogP contribution in [0.15, 0.2) is 12.1 Å². The zero-order valence-electron chi connectivity index (χ0n) is 7.06. The number of hydrogen-bond donors (Lipinski definition) is 1. The first-order valence-corrected chi connectivity index (χ1v) is 4.99. The summed E-state index contributed by atoms with van der Waals surface area (Å²) in [6.45, 7) is 0. The molecule has 0 atom stereocenters. The van der Waals surface area contributed by atoms with Gasteiger partial charge in [0.1, 0.15) is 0 Å². The second kappa shape index (κ2) is 4.87. The van der Waals surface area contributed by atoms with Gasteiger partial charge in [0.15, 0.2) is 0 Å². The highest BCUT2D eigenvalue weighted by Crippen LogP contribution is 2.29. The lowest BCUT2D eigenvalue weighted by Gasteiger charge is -2.05. The molecule has 5 heteroatoms. The van der Waals surface area contributed by atoms with Crippen LogP contribution in [0.1, 0.15) is 12.0 Å². The van der Waals surface area contributed by atoms with Crippen LogP contribution in [0.5, 0.6) is 0 Å². The fourth-order valence-electron chi connectivity index (χ4n) is 1.04. The fraction of sp³-hybridized carbons (Fsp3) is 0.222. The van der Waals surface area contributed by atoms with Crippen LogP contribution in [0.3, 0.4) is 0 Å². The van der Waals surface area contributed by atoms with Crippen molar-refractivity contribution in [3.8, 4) is 0 Å². The van der Waals surface area contributed by atoms with E-state index in [1.54, 1.807) is 12.1 Å². The molecule has 0 radical (unpaired) electrons. The minimum absolute atomic E-state index is 0.00106. The first-order valence-electron chi connectivity index (χ1n) is 3.86. The fourth-order valence-corrected chi connectivity index (χ4v) is 2.05. The lowest BCUT2D eigenvalue weighted by molar-refractivity contribution is -0.136. The molecule has 1 aromatic carbocycles. The predicted octanol–water partition coefficient (Wildman–Crippen LogP) is 3.66. The summed E-state index contributed by atoms with van der Waals surface area (Å²) in [6, 6.07) is 3.10. The van der Waals surface area contributed by atoms with Crippen LogP contribution in [0.4, 0.5) is 0 Å². The highest BCUT2D eigenvalue weighted by molar-refractivity contribution is 6.39. The van der Waals surface area contributed by atoms with Crippen LogP contribution < -0.4 is 0 Å². The Morgan fingerprint density at radius 1 is 1.21 bits per heavy atom. The van der Waals surface area contributed by atoms with Gasteiger partial charge in [0, 0.05) is 21.5 Å². The SMILES string of the molecule is O=C(O)CCc1c(Cl)cc(Cl)cc1Cl. The molecule has 1 rings (SSSR count). The maximum atomic E-state index is 10.3. The van der Waals surface area contributed by atoms with Crippen molar-refractivity contribution in [2.75, 3.05) is 0 Å². The first kappa shape index (κ1) is 11.6. The third-order valence-electron chi connectivity index (χ3n) is 1.69. The molecule has 0 amide bonds. The van der Waals surface area contributed by atoms with E-state index in [2.05, 4.69) is 0 Å². The van der Waals surface area contributed by atoms with Gasteiger partial charge in [0.05, 0.1) is 0 Å². The lowest BCUT2D eigenvalue weighted by Crippen LogP contribution is -1.98. The van der Waals surface area contributed by atoms with Crippen molar-refractivity contribution in [2.24, 2.45) is 0 Å². The predicted molar refractivity (Wildman–Crippen MR) is 57.4 cm³/mol. The Bertz CT molecular complexity index is 340. The number of rotatable bonds is 3. The standard InChI is InChI=1S/C9H7Cl3O2/c10-5-3-7(11)6(8(12)4-5)1-2-9(13)14/h3-4H,1-2H2,(H,13,14). The minimum Gasteiger partial charge on any atom is -0.481 e. The summed E-state index contributed by atoms with van der Waals surface area (Å²) >= 11 is 17.4. The number of carboxylic acids is 1. The number of aliphatic carboxylic acids is 1. The van der Waals surface area contributed by atoms with E-state index in [0.717, 1.165) is 0 Å². The normalized spacial score (nSPS) is 10.2. The second-order valence-electron chi connectivity index (χ2n) is 2.74. The van der Waals surface area contributed by atoms with Gasteiger partial charge in [-0.25, -0.2) is 0 Å². The van der Waals surface area contributed by atoms with Crippen molar-refractivity contribution in [1.29, 1.82) is 0 Å². The van der Waals surface area contributed by atoms with Gasteiger partial charge < -0.3 is 5.11 Å². The molecule has 0 aliphatic heterocycles. The molecule has 0 fully saturated rings. The smallest absolute Gasteiger partial charge is 0.303 e. The van der Waals surface area contributed by atoms with Gasteiger partial charge >= 0.3 is 5.97 Å². The molecular weight excluding hydrogens is 246 g/mol. The molecule has 0 saturated carbocycles. The molecule has 2 nitrogen and oxygen atoms in total. The Kier molecular flexibility index (Phi) is 4.05. The van der Waals surface area contributed by atoms with Crippen LogP contribution in [0.2, 0.25) is 15.1 Å². The third kappa shape index (κ3) is 3.05. The number of hydrogen-bond acceptors (Lipinski definition) is 1. The Labute approximate surface area is 96.4 Å². The monoisotopic (exact) mass is 252 g/mol. The van der Waals surface area contributed by atoms with Crippen LogP contribution >= 0.6 is 34.8 Å². The summed E-state index contributed by atoms with van der Waals surface area (Å²) in [4.78, 5) is 10.3. The van der Waals surface area contributed by atoms with E-state index >= 15 is 0 Å². The van der Waals surface area contributed by atoms with Gasteiger partial charge in [0.25, 0.3) is 0 Å². The van der Waals surface area contributed by atoms with Gasteiger partial charge in [-0.3, -0.25) is 4.79 Å². The summed E-state index contributed by atoms with van der Waals surface area (Å²) in [5, 5.41) is 9.76. The summed E-state index contributed by atoms with van der Waals surface area (Å²) in [7, 11) is 0. The van der Waals surface area contributed by atoms with Crippen molar-refractivity contribution >= 4 is 40.8 Å². The Morgan fingerprint density at radius 2 is 1.71 bits per heavy atom. The van der Waals surface area contributed by atoms with Crippen LogP contribution in [0, 0.1) is 0 Å². The Balaban J connectivity index is 2.91. The molecule has 0 saturated heterocycles. The zero-order chi connectivity index (χ0) is 10.7. The number of benzene rings is 1. The van der Waals surface area contributed by atoms with Crippen molar-refractivity contribution in [3.05, 3.63) is 32.8 Å². The van der Waals surface area contributed by atoms with Gasteiger partial charge in [0.2, 0.25) is 0 Å². The number of halogens is 3. The summed E-state index contributed by atoms with van der Waals surface area (Å²) in [5.74, 6) is -0.882. The van der Waals surface area contributed by atoms with E-state index in [4.69, 9.17) is 39.9 Å². The summed E-state index contributed by atoms with van der Waals surface area (Å²) in [6.07, 6.45) is 0.311. The Hall–Kier alpha value is -0.440. The molecule has 1 aromatic rings. The van der Waals surface area contributed by atoms with Gasteiger partial charge in [-0.1, -0.05) is 34.8 Å². The van der Waals surface area contributed by atoms with Crippen molar-refractivity contribution in [1.82, 2.24) is 0 Å². The van der Waals surface area contributed by atoms with E-state index < -0.39 is 5.97 Å². The molecule has 0 aliphatic rings. The van der Waals surface area contributed by atoms with E-state index in [1.165, 1.54) is 0 Å². The van der Waals surface area contributed by atoms with Crippen LogP contribution in [-0.4, -0.2) is 11.1 Å². The van der Waals surface area contributed by atoms with Crippen molar-refractivity contribution in [2.45, 2.75) is 12.8 Å². The zero-order valence-corrected chi connectivity index (χ0v) is 9.33. The Morgan fingerprint density at radius 3 is 2.14 bits per heavy atom. The van der Waals surface area contributed by atoms with Crippen LogP contribution in [-0.2, 0) is 11.2 Å². The molecule has 0 heterocycles. The number of carboxylic acid groups (broad SMARTS) is 1. The molecule has 0 aliphatic carbocycles. The first-order chi connectivity index (χ1) is 6.50. The topological polar surface area (TPSA) is 37.3 Å². The highest BCUT2D eigenvalue weighted by Gasteiger charge is 2.09. The largest absolute Gasteiger partial charge is 0.481 e. The van der Waals surface area contributed by atoms with Crippen molar-refractivity contribution in [3.63, 3.8) is 0 Å². The summed E-state index contributed by atoms with van der Waals surface area (Å²) in [5.41, 5.74) is 0.625. The molecule has 0 aromatic heterocycles. The van der Waals surface area contributed by atoms with Crippen molar-refractivity contribution < 1.29 is 9.90 Å². The average Bonchev–Trinajstić information content (AvgIpc) is 2.01. The maximum absolute atomic E-state index is 10.3.